The summed E-state index contributed by atoms with van der Waals surface area (Å²) in [7, 11) is 0. The number of ether oxygens (including phenoxy) is 2. The molecule has 0 aliphatic rings. The van der Waals surface area contributed by atoms with Crippen LogP contribution in [0.2, 0.25) is 0 Å². The fraction of sp³-hybridized carbons (Fsp3) is 0. The molecule has 0 aliphatic carbocycles. The van der Waals surface area contributed by atoms with E-state index in [2.05, 4.69) is 22.6 Å². The molecule has 0 fully saturated rings. The van der Waals surface area contributed by atoms with Crippen LogP contribution in [0.1, 0.15) is 5.71 Å². The summed E-state index contributed by atoms with van der Waals surface area (Å²) in [5.41, 5.74) is 0. The zero-order valence-corrected chi connectivity index (χ0v) is 20.2. The fourth-order valence-corrected chi connectivity index (χ4v) is 0.486. The third-order valence-corrected chi connectivity index (χ3v) is 1.09. The van der Waals surface area contributed by atoms with Gasteiger partial charge in [0, 0.05) is 24.3 Å². The Bertz CT molecular complexity index is 371. The Hall–Kier alpha value is 1.50. The van der Waals surface area contributed by atoms with Crippen LogP contribution in [-0.4, -0.2) is 23.9 Å². The largest absolute Gasteiger partial charge is 1.00 e. The Morgan fingerprint density at radius 2 is 0.900 bits per heavy atom. The molecule has 20 heavy (non-hydrogen) atoms. The second kappa shape index (κ2) is 20.5. The first-order valence-corrected chi connectivity index (χ1v) is 3.94. The minimum atomic E-state index is -1.08. The second-order valence-electron chi connectivity index (χ2n) is 2.22. The molecule has 0 radical (unpaired) electrons. The van der Waals surface area contributed by atoms with Crippen LogP contribution >= 0.6 is 0 Å². The first-order chi connectivity index (χ1) is 7.49. The molecule has 0 aromatic rings. The van der Waals surface area contributed by atoms with E-state index in [1.807, 2.05) is 0 Å². The molecule has 0 saturated heterocycles. The van der Waals surface area contributed by atoms with Crippen molar-refractivity contribution in [2.75, 3.05) is 0 Å². The molecule has 0 heterocycles. The maximum Gasteiger partial charge on any atom is 1.00 e. The van der Waals surface area contributed by atoms with E-state index in [9.17, 15) is 19.2 Å². The van der Waals surface area contributed by atoms with Gasteiger partial charge in [-0.2, -0.15) is 0 Å². The van der Waals surface area contributed by atoms with Crippen LogP contribution in [0.25, 0.3) is 0 Å². The van der Waals surface area contributed by atoms with Crippen molar-refractivity contribution in [1.82, 2.24) is 0 Å². The molecule has 0 aliphatic heterocycles. The molecular weight excluding hydrogens is 308 g/mol. The molecule has 0 N–H and O–H groups in total. The molecule has 92 valence electrons. The van der Waals surface area contributed by atoms with Crippen LogP contribution in [0.3, 0.4) is 0 Å². The summed E-state index contributed by atoms with van der Waals surface area (Å²) < 4.78 is 8.17. The molecule has 0 bridgehead atoms. The van der Waals surface area contributed by atoms with E-state index in [-0.39, 0.29) is 124 Å². The second-order valence-corrected chi connectivity index (χ2v) is 2.22. The molecule has 0 unspecified atom stereocenters. The van der Waals surface area contributed by atoms with Crippen LogP contribution in [-0.2, 0) is 28.7 Å². The van der Waals surface area contributed by atoms with Gasteiger partial charge in [0.2, 0.25) is 0 Å². The van der Waals surface area contributed by atoms with Crippen molar-refractivity contribution in [3.05, 3.63) is 37.5 Å². The molecule has 0 rings (SSSR count). The average molecular weight is 320 g/mol. The molecule has 0 aromatic carbocycles. The van der Waals surface area contributed by atoms with Crippen molar-refractivity contribution in [3.63, 3.8) is 0 Å². The van der Waals surface area contributed by atoms with Gasteiger partial charge in [0.1, 0.15) is 0 Å². The SMILES string of the molecule is C=CC(=O)OC(=O)/C=C\C(=O)OC(=O)C=C.[H-].[H-].[H-].[H-].[Na+].[Na+].[Na+].[Na+]. The average Bonchev–Trinajstić information content (AvgIpc) is 2.26. The van der Waals surface area contributed by atoms with Gasteiger partial charge in [-0.3, -0.25) is 0 Å². The Labute approximate surface area is 210 Å². The topological polar surface area (TPSA) is 86.7 Å². The first-order valence-electron chi connectivity index (χ1n) is 3.94. The molecule has 0 aromatic heterocycles. The van der Waals surface area contributed by atoms with Gasteiger partial charge in [0.05, 0.1) is 0 Å². The molecule has 0 saturated carbocycles. The van der Waals surface area contributed by atoms with Gasteiger partial charge in [-0.25, -0.2) is 19.2 Å². The summed E-state index contributed by atoms with van der Waals surface area (Å²) in [6.45, 7) is 6.12. The number of rotatable bonds is 4. The van der Waals surface area contributed by atoms with Crippen LogP contribution in [0, 0.1) is 0 Å². The minimum Gasteiger partial charge on any atom is -1.00 e. The van der Waals surface area contributed by atoms with Crippen molar-refractivity contribution in [2.45, 2.75) is 0 Å². The van der Waals surface area contributed by atoms with Crippen molar-refractivity contribution in [2.24, 2.45) is 0 Å². The predicted molar refractivity (Wildman–Crippen MR) is 56.2 cm³/mol. The maximum absolute atomic E-state index is 10.8. The van der Waals surface area contributed by atoms with E-state index >= 15 is 0 Å². The Morgan fingerprint density at radius 1 is 0.650 bits per heavy atom. The fourth-order valence-electron chi connectivity index (χ4n) is 0.486. The zero-order valence-electron chi connectivity index (χ0n) is 16.2. The molecule has 6 nitrogen and oxygen atoms in total. The van der Waals surface area contributed by atoms with E-state index in [0.29, 0.717) is 12.2 Å². The molecule has 0 atom stereocenters. The molecule has 10 heteroatoms. The first kappa shape index (κ1) is 33.2. The van der Waals surface area contributed by atoms with Gasteiger partial charge in [-0.1, -0.05) is 13.2 Å². The van der Waals surface area contributed by atoms with E-state index in [1.165, 1.54) is 0 Å². The van der Waals surface area contributed by atoms with Crippen molar-refractivity contribution >= 4 is 23.9 Å². The summed E-state index contributed by atoms with van der Waals surface area (Å²) >= 11 is 0. The standard InChI is InChI=1S/C10H8O6.4Na.4H/c1-3-7(11)15-9(13)5-6-10(14)16-8(12)4-2;;;;;;;;/h3-6H,1-2H2;;;;;;;;/q;4*+1;4*-1/b6-5-;;;;;;;;. The Kier molecular flexibility index (Phi) is 34.0. The summed E-state index contributed by atoms with van der Waals surface area (Å²) in [4.78, 5) is 42.6. The number of carbonyl (C=O) groups excluding carboxylic acids is 4. The van der Waals surface area contributed by atoms with Gasteiger partial charge in [-0.15, -0.1) is 0 Å². The summed E-state index contributed by atoms with van der Waals surface area (Å²) in [5.74, 6) is -4.06. The molecule has 0 amide bonds. The van der Waals surface area contributed by atoms with Gasteiger partial charge < -0.3 is 15.2 Å². The smallest absolute Gasteiger partial charge is 1.00 e. The maximum atomic E-state index is 10.8. The van der Waals surface area contributed by atoms with Crippen LogP contribution in [0.4, 0.5) is 0 Å². The van der Waals surface area contributed by atoms with Gasteiger partial charge >= 0.3 is 142 Å². The van der Waals surface area contributed by atoms with Crippen LogP contribution < -0.4 is 118 Å². The normalized spacial score (nSPS) is 7.40. The third kappa shape index (κ3) is 19.5. The number of carbonyl (C=O) groups is 4. The van der Waals surface area contributed by atoms with E-state index < -0.39 is 23.9 Å². The Morgan fingerprint density at radius 3 is 1.10 bits per heavy atom. The van der Waals surface area contributed by atoms with Gasteiger partial charge in [-0.05, 0) is 0 Å². The quantitative estimate of drug-likeness (QED) is 0.221. The molecular formula is C10H12Na4O6. The third-order valence-electron chi connectivity index (χ3n) is 1.09. The minimum absolute atomic E-state index is 0. The van der Waals surface area contributed by atoms with Crippen molar-refractivity contribution in [3.8, 4) is 0 Å². The van der Waals surface area contributed by atoms with E-state index in [0.717, 1.165) is 12.2 Å². The van der Waals surface area contributed by atoms with Crippen LogP contribution in [0.5, 0.6) is 0 Å². The summed E-state index contributed by atoms with van der Waals surface area (Å²) in [6.07, 6.45) is 2.84. The Balaban J connectivity index is -0.0000000402. The summed E-state index contributed by atoms with van der Waals surface area (Å²) in [5, 5.41) is 0. The van der Waals surface area contributed by atoms with Gasteiger partial charge in [0.15, 0.2) is 0 Å². The van der Waals surface area contributed by atoms with Crippen LogP contribution in [0.15, 0.2) is 37.5 Å². The number of hydrogen-bond acceptors (Lipinski definition) is 6. The molecule has 0 spiro atoms. The monoisotopic (exact) mass is 320 g/mol. The van der Waals surface area contributed by atoms with E-state index in [4.69, 9.17) is 0 Å². The number of esters is 4. The zero-order chi connectivity index (χ0) is 12.6. The number of hydrogen-bond donors (Lipinski definition) is 0. The van der Waals surface area contributed by atoms with E-state index in [1.54, 1.807) is 0 Å². The van der Waals surface area contributed by atoms with Gasteiger partial charge in [0.25, 0.3) is 0 Å². The van der Waals surface area contributed by atoms with Crippen molar-refractivity contribution in [1.29, 1.82) is 0 Å². The summed E-state index contributed by atoms with van der Waals surface area (Å²) in [6, 6.07) is 0. The predicted octanol–water partition coefficient (Wildman–Crippen LogP) is -11.5. The van der Waals surface area contributed by atoms with Crippen molar-refractivity contribution < 1.29 is 153 Å².